The topological polar surface area (TPSA) is 111 Å². The maximum Gasteiger partial charge on any atom is 0.338 e. The molecule has 1 amide bonds. The Balaban J connectivity index is 1.90. The second kappa shape index (κ2) is 7.97. The van der Waals surface area contributed by atoms with Crippen molar-refractivity contribution in [2.75, 3.05) is 12.4 Å². The zero-order valence-electron chi connectivity index (χ0n) is 15.0. The monoisotopic (exact) mass is 397 g/mol. The molecule has 0 fully saturated rings. The van der Waals surface area contributed by atoms with E-state index in [0.717, 1.165) is 35.5 Å². The predicted molar refractivity (Wildman–Crippen MR) is 105 cm³/mol. The van der Waals surface area contributed by atoms with Gasteiger partial charge in [-0.2, -0.15) is 0 Å². The molecule has 142 valence electrons. The first-order valence-electron chi connectivity index (χ1n) is 8.09. The molecule has 28 heavy (non-hydrogen) atoms. The van der Waals surface area contributed by atoms with Crippen molar-refractivity contribution in [2.45, 2.75) is 6.92 Å². The molecular formula is C19H15N3O5S. The lowest BCUT2D eigenvalue weighted by Gasteiger charge is -2.08. The van der Waals surface area contributed by atoms with Crippen LogP contribution in [0.15, 0.2) is 47.8 Å². The van der Waals surface area contributed by atoms with E-state index in [-0.39, 0.29) is 16.8 Å². The van der Waals surface area contributed by atoms with E-state index in [9.17, 15) is 19.7 Å². The number of nitro groups is 1. The van der Waals surface area contributed by atoms with Crippen LogP contribution in [-0.4, -0.2) is 28.9 Å². The summed E-state index contributed by atoms with van der Waals surface area (Å²) in [5, 5.41) is 16.6. The van der Waals surface area contributed by atoms with Crippen molar-refractivity contribution in [3.05, 3.63) is 74.1 Å². The zero-order chi connectivity index (χ0) is 20.3. The summed E-state index contributed by atoms with van der Waals surface area (Å²) < 4.78 is 4.59. The van der Waals surface area contributed by atoms with Gasteiger partial charge < -0.3 is 10.1 Å². The van der Waals surface area contributed by atoms with Gasteiger partial charge in [0.25, 0.3) is 11.6 Å². The third-order valence-electron chi connectivity index (χ3n) is 3.85. The Morgan fingerprint density at radius 1 is 1.18 bits per heavy atom. The van der Waals surface area contributed by atoms with Crippen LogP contribution in [0.25, 0.3) is 11.3 Å². The minimum atomic E-state index is -0.765. The number of anilines is 1. The Hall–Kier alpha value is -3.59. The van der Waals surface area contributed by atoms with Crippen molar-refractivity contribution in [3.8, 4) is 11.3 Å². The maximum absolute atomic E-state index is 12.6. The molecule has 0 saturated carbocycles. The molecule has 8 nitrogen and oxygen atoms in total. The second-order valence-electron chi connectivity index (χ2n) is 5.80. The fraction of sp³-hybridized carbons (Fsp3) is 0.105. The fourth-order valence-electron chi connectivity index (χ4n) is 2.54. The Morgan fingerprint density at radius 2 is 1.93 bits per heavy atom. The number of thiazole rings is 1. The number of rotatable bonds is 5. The minimum absolute atomic E-state index is 0.0236. The number of nitrogens with one attached hydrogen (secondary N) is 1. The van der Waals surface area contributed by atoms with Gasteiger partial charge >= 0.3 is 5.97 Å². The molecule has 0 radical (unpaired) electrons. The highest BCUT2D eigenvalue weighted by molar-refractivity contribution is 7.09. The van der Waals surface area contributed by atoms with Crippen LogP contribution in [0.2, 0.25) is 0 Å². The number of hydrogen-bond donors (Lipinski definition) is 1. The molecule has 3 aromatic rings. The molecule has 0 aliphatic carbocycles. The lowest BCUT2D eigenvalue weighted by Crippen LogP contribution is -2.14. The number of benzene rings is 2. The fourth-order valence-corrected chi connectivity index (χ4v) is 3.16. The third-order valence-corrected chi connectivity index (χ3v) is 4.62. The smallest absolute Gasteiger partial charge is 0.338 e. The number of methoxy groups -OCH3 is 1. The average molecular weight is 397 g/mol. The lowest BCUT2D eigenvalue weighted by molar-refractivity contribution is -0.384. The Bertz CT molecular complexity index is 1080. The van der Waals surface area contributed by atoms with E-state index in [0.29, 0.717) is 5.69 Å². The number of esters is 1. The molecule has 0 bridgehead atoms. The van der Waals surface area contributed by atoms with E-state index in [1.165, 1.54) is 17.4 Å². The van der Waals surface area contributed by atoms with Crippen molar-refractivity contribution in [1.29, 1.82) is 0 Å². The number of hydrogen-bond acceptors (Lipinski definition) is 7. The maximum atomic E-state index is 12.6. The van der Waals surface area contributed by atoms with E-state index in [1.54, 1.807) is 18.2 Å². The molecule has 0 spiro atoms. The molecule has 0 saturated heterocycles. The van der Waals surface area contributed by atoms with Crippen LogP contribution in [0.3, 0.4) is 0 Å². The van der Waals surface area contributed by atoms with E-state index in [2.05, 4.69) is 15.0 Å². The van der Waals surface area contributed by atoms with Gasteiger partial charge in [-0.25, -0.2) is 9.78 Å². The summed E-state index contributed by atoms with van der Waals surface area (Å²) in [7, 11) is 1.16. The number of carbonyl (C=O) groups is 2. The third kappa shape index (κ3) is 4.21. The van der Waals surface area contributed by atoms with Crippen LogP contribution in [0.5, 0.6) is 0 Å². The van der Waals surface area contributed by atoms with Crippen LogP contribution in [0.1, 0.15) is 25.7 Å². The highest BCUT2D eigenvalue weighted by Crippen LogP contribution is 2.25. The first kappa shape index (κ1) is 19.2. The molecular weight excluding hydrogens is 382 g/mol. The molecule has 3 rings (SSSR count). The highest BCUT2D eigenvalue weighted by atomic mass is 32.1. The number of non-ortho nitro benzene ring substituents is 1. The molecule has 1 aromatic heterocycles. The summed E-state index contributed by atoms with van der Waals surface area (Å²) in [5.74, 6) is -1.35. The van der Waals surface area contributed by atoms with E-state index in [1.807, 2.05) is 18.4 Å². The number of carbonyl (C=O) groups excluding carboxylic acids is 2. The van der Waals surface area contributed by atoms with Gasteiger partial charge in [-0.3, -0.25) is 14.9 Å². The van der Waals surface area contributed by atoms with Gasteiger partial charge in [0.1, 0.15) is 0 Å². The van der Waals surface area contributed by atoms with Gasteiger partial charge in [0, 0.05) is 34.3 Å². The second-order valence-corrected chi connectivity index (χ2v) is 6.87. The summed E-state index contributed by atoms with van der Waals surface area (Å²) in [6.45, 7) is 1.90. The largest absolute Gasteiger partial charge is 0.465 e. The molecule has 1 N–H and O–H groups in total. The van der Waals surface area contributed by atoms with Gasteiger partial charge in [-0.1, -0.05) is 12.1 Å². The SMILES string of the molecule is COC(=O)c1cc(C(=O)Nc2cccc(-c3csc(C)n3)c2)cc([N+](=O)[O-])c1. The number of ether oxygens (including phenoxy) is 1. The van der Waals surface area contributed by atoms with Crippen molar-refractivity contribution in [3.63, 3.8) is 0 Å². The molecule has 2 aromatic carbocycles. The van der Waals surface area contributed by atoms with Crippen LogP contribution in [0, 0.1) is 17.0 Å². The molecule has 0 atom stereocenters. The minimum Gasteiger partial charge on any atom is -0.465 e. The molecule has 0 aliphatic rings. The highest BCUT2D eigenvalue weighted by Gasteiger charge is 2.18. The molecule has 0 unspecified atom stereocenters. The number of amides is 1. The van der Waals surface area contributed by atoms with Crippen LogP contribution in [-0.2, 0) is 4.74 Å². The average Bonchev–Trinajstić information content (AvgIpc) is 3.13. The number of aryl methyl sites for hydroxylation is 1. The number of aromatic nitrogens is 1. The zero-order valence-corrected chi connectivity index (χ0v) is 15.8. The summed E-state index contributed by atoms with van der Waals surface area (Å²) >= 11 is 1.52. The van der Waals surface area contributed by atoms with Gasteiger partial charge in [0.15, 0.2) is 0 Å². The number of nitrogens with zero attached hydrogens (tertiary/aromatic N) is 2. The van der Waals surface area contributed by atoms with Gasteiger partial charge in [-0.15, -0.1) is 11.3 Å². The van der Waals surface area contributed by atoms with Crippen molar-refractivity contribution < 1.29 is 19.2 Å². The van der Waals surface area contributed by atoms with E-state index < -0.39 is 16.8 Å². The quantitative estimate of drug-likeness (QED) is 0.395. The van der Waals surface area contributed by atoms with Crippen molar-refractivity contribution in [1.82, 2.24) is 4.98 Å². The van der Waals surface area contributed by atoms with Gasteiger partial charge in [0.2, 0.25) is 0 Å². The summed E-state index contributed by atoms with van der Waals surface area (Å²) in [5.41, 5.74) is 1.65. The molecule has 1 heterocycles. The standard InChI is InChI=1S/C19H15N3O5S/c1-11-20-17(10-28-11)12-4-3-5-15(7-12)21-18(23)13-6-14(19(24)27-2)9-16(8-13)22(25)26/h3-10H,1-2H3,(H,21,23). The predicted octanol–water partition coefficient (Wildman–Crippen LogP) is 4.07. The van der Waals surface area contributed by atoms with Gasteiger partial charge in [0.05, 0.1) is 28.3 Å². The van der Waals surface area contributed by atoms with Gasteiger partial charge in [-0.05, 0) is 25.1 Å². The first-order chi connectivity index (χ1) is 13.4. The van der Waals surface area contributed by atoms with Crippen molar-refractivity contribution >= 4 is 34.6 Å². The Labute approximate surface area is 164 Å². The van der Waals surface area contributed by atoms with Crippen molar-refractivity contribution in [2.24, 2.45) is 0 Å². The Morgan fingerprint density at radius 3 is 2.57 bits per heavy atom. The van der Waals surface area contributed by atoms with E-state index >= 15 is 0 Å². The lowest BCUT2D eigenvalue weighted by atomic mass is 10.1. The first-order valence-corrected chi connectivity index (χ1v) is 8.97. The van der Waals surface area contributed by atoms with Crippen LogP contribution >= 0.6 is 11.3 Å². The summed E-state index contributed by atoms with van der Waals surface area (Å²) in [6, 6.07) is 10.5. The summed E-state index contributed by atoms with van der Waals surface area (Å²) in [6.07, 6.45) is 0. The van der Waals surface area contributed by atoms with Crippen LogP contribution in [0.4, 0.5) is 11.4 Å². The molecule has 9 heteroatoms. The van der Waals surface area contributed by atoms with Crippen LogP contribution < -0.4 is 5.32 Å². The Kier molecular flexibility index (Phi) is 5.46. The summed E-state index contributed by atoms with van der Waals surface area (Å²) in [4.78, 5) is 39.2. The number of nitro benzene ring substituents is 1. The van der Waals surface area contributed by atoms with E-state index in [4.69, 9.17) is 0 Å². The normalized spacial score (nSPS) is 10.4. The molecule has 0 aliphatic heterocycles.